The van der Waals surface area contributed by atoms with E-state index in [-0.39, 0.29) is 23.3 Å². The Hall–Kier alpha value is -2.31. The van der Waals surface area contributed by atoms with Crippen LogP contribution >= 0.6 is 0 Å². The zero-order valence-electron chi connectivity index (χ0n) is 15.7. The highest BCUT2D eigenvalue weighted by atomic mass is 16.5. The monoisotopic (exact) mass is 364 g/mol. The minimum Gasteiger partial charge on any atom is -0.503 e. The molecule has 7 nitrogen and oxygen atoms in total. The van der Waals surface area contributed by atoms with Crippen LogP contribution in [-0.2, 0) is 9.53 Å². The lowest BCUT2D eigenvalue weighted by atomic mass is 9.84. The zero-order valence-corrected chi connectivity index (χ0v) is 15.7. The predicted octanol–water partition coefficient (Wildman–Crippen LogP) is 2.82. The van der Waals surface area contributed by atoms with E-state index >= 15 is 0 Å². The number of ether oxygens (including phenoxy) is 2. The van der Waals surface area contributed by atoms with Gasteiger partial charge in [-0.25, -0.2) is 9.78 Å². The largest absolute Gasteiger partial charge is 0.503 e. The number of pyridine rings is 1. The maximum absolute atomic E-state index is 12.4. The van der Waals surface area contributed by atoms with E-state index in [9.17, 15) is 14.7 Å². The molecule has 1 aromatic rings. The molecule has 26 heavy (non-hydrogen) atoms. The summed E-state index contributed by atoms with van der Waals surface area (Å²) in [6, 6.07) is 0.604. The van der Waals surface area contributed by atoms with Gasteiger partial charge in [0.2, 0.25) is 0 Å². The molecule has 0 radical (unpaired) electrons. The van der Waals surface area contributed by atoms with Crippen LogP contribution in [0.5, 0.6) is 11.5 Å². The number of aromatic nitrogens is 1. The topological polar surface area (TPSA) is 97.8 Å². The fourth-order valence-electron chi connectivity index (χ4n) is 3.36. The maximum atomic E-state index is 12.4. The molecule has 2 N–H and O–H groups in total. The average molecular weight is 364 g/mol. The van der Waals surface area contributed by atoms with Crippen molar-refractivity contribution in [1.82, 2.24) is 10.3 Å². The summed E-state index contributed by atoms with van der Waals surface area (Å²) in [6.45, 7) is 3.57. The van der Waals surface area contributed by atoms with E-state index in [4.69, 9.17) is 9.47 Å². The van der Waals surface area contributed by atoms with E-state index < -0.39 is 17.9 Å². The highest BCUT2D eigenvalue weighted by molar-refractivity contribution is 5.97. The molecule has 0 bridgehead atoms. The summed E-state index contributed by atoms with van der Waals surface area (Å²) in [5.74, 6) is -0.954. The number of esters is 1. The normalized spacial score (nSPS) is 17.2. The third kappa shape index (κ3) is 4.86. The van der Waals surface area contributed by atoms with Gasteiger partial charge in [0, 0.05) is 12.3 Å². The molecule has 1 heterocycles. The van der Waals surface area contributed by atoms with Crippen molar-refractivity contribution in [3.8, 4) is 11.5 Å². The molecular formula is C19H28N2O5. The molecule has 1 aliphatic rings. The number of nitrogens with zero attached hydrogens (tertiary/aromatic N) is 1. The van der Waals surface area contributed by atoms with Crippen molar-refractivity contribution >= 4 is 11.9 Å². The molecule has 2 rings (SSSR count). The summed E-state index contributed by atoms with van der Waals surface area (Å²) < 4.78 is 10.6. The predicted molar refractivity (Wildman–Crippen MR) is 96.1 cm³/mol. The number of methoxy groups -OCH3 is 1. The molecule has 0 spiro atoms. The van der Waals surface area contributed by atoms with Crippen molar-refractivity contribution in [2.24, 2.45) is 5.92 Å². The summed E-state index contributed by atoms with van der Waals surface area (Å²) >= 11 is 0. The van der Waals surface area contributed by atoms with Gasteiger partial charge in [-0.15, -0.1) is 0 Å². The molecule has 1 aromatic heterocycles. The Balaban J connectivity index is 1.96. The number of carbonyl (C=O) groups is 2. The molecule has 0 saturated heterocycles. The number of nitrogens with one attached hydrogen (secondary N) is 1. The summed E-state index contributed by atoms with van der Waals surface area (Å²) in [7, 11) is 1.38. The van der Waals surface area contributed by atoms with Gasteiger partial charge in [-0.3, -0.25) is 4.79 Å². The second-order valence-electron chi connectivity index (χ2n) is 6.69. The first-order valence-corrected chi connectivity index (χ1v) is 9.21. The van der Waals surface area contributed by atoms with Crippen molar-refractivity contribution in [3.05, 3.63) is 18.0 Å². The number of hydrogen-bond donors (Lipinski definition) is 2. The van der Waals surface area contributed by atoms with E-state index in [1.54, 1.807) is 6.92 Å². The van der Waals surface area contributed by atoms with Crippen LogP contribution in [0, 0.1) is 5.92 Å². The lowest BCUT2D eigenvalue weighted by Gasteiger charge is -2.30. The minimum absolute atomic E-state index is 0.120. The summed E-state index contributed by atoms with van der Waals surface area (Å²) in [6.07, 6.45) is 7.73. The Labute approximate surface area is 154 Å². The first-order valence-electron chi connectivity index (χ1n) is 9.21. The lowest BCUT2D eigenvalue weighted by molar-refractivity contribution is -0.154. The first-order chi connectivity index (χ1) is 12.5. The van der Waals surface area contributed by atoms with Gasteiger partial charge < -0.3 is 19.9 Å². The van der Waals surface area contributed by atoms with Crippen molar-refractivity contribution in [2.45, 2.75) is 64.5 Å². The molecule has 2 unspecified atom stereocenters. The quantitative estimate of drug-likeness (QED) is 0.722. The van der Waals surface area contributed by atoms with Gasteiger partial charge in [-0.05, 0) is 32.1 Å². The lowest BCUT2D eigenvalue weighted by Crippen LogP contribution is -2.42. The van der Waals surface area contributed by atoms with Crippen molar-refractivity contribution in [3.63, 3.8) is 0 Å². The van der Waals surface area contributed by atoms with Gasteiger partial charge in [-0.2, -0.15) is 0 Å². The van der Waals surface area contributed by atoms with Crippen LogP contribution < -0.4 is 10.1 Å². The van der Waals surface area contributed by atoms with Gasteiger partial charge in [0.05, 0.1) is 7.11 Å². The number of hydrogen-bond acceptors (Lipinski definition) is 6. The molecule has 7 heteroatoms. The highest BCUT2D eigenvalue weighted by Gasteiger charge is 2.28. The number of aromatic hydroxyl groups is 1. The van der Waals surface area contributed by atoms with Crippen LogP contribution in [0.25, 0.3) is 0 Å². The van der Waals surface area contributed by atoms with Gasteiger partial charge in [0.1, 0.15) is 12.1 Å². The Morgan fingerprint density at radius 1 is 1.35 bits per heavy atom. The molecule has 1 aliphatic carbocycles. The van der Waals surface area contributed by atoms with Gasteiger partial charge >= 0.3 is 5.97 Å². The van der Waals surface area contributed by atoms with E-state index in [1.807, 2.05) is 6.92 Å². The van der Waals surface area contributed by atoms with Crippen LogP contribution in [0.15, 0.2) is 12.3 Å². The SMILES string of the molecule is CCC(OC(=O)C(C)NC(=O)c1nccc(OC)c1O)C1CCCCC1. The average Bonchev–Trinajstić information content (AvgIpc) is 2.66. The van der Waals surface area contributed by atoms with Crippen LogP contribution in [0.1, 0.15) is 62.9 Å². The highest BCUT2D eigenvalue weighted by Crippen LogP contribution is 2.30. The van der Waals surface area contributed by atoms with E-state index in [1.165, 1.54) is 38.6 Å². The summed E-state index contributed by atoms with van der Waals surface area (Å²) in [4.78, 5) is 28.5. The van der Waals surface area contributed by atoms with Crippen molar-refractivity contribution in [1.29, 1.82) is 0 Å². The van der Waals surface area contributed by atoms with Crippen molar-refractivity contribution < 1.29 is 24.2 Å². The second kappa shape index (κ2) is 9.40. The molecule has 1 saturated carbocycles. The van der Waals surface area contributed by atoms with Crippen LogP contribution in [0.3, 0.4) is 0 Å². The molecule has 1 fully saturated rings. The Morgan fingerprint density at radius 3 is 2.65 bits per heavy atom. The van der Waals surface area contributed by atoms with Crippen LogP contribution in [0.4, 0.5) is 0 Å². The van der Waals surface area contributed by atoms with Gasteiger partial charge in [0.15, 0.2) is 17.2 Å². The summed E-state index contributed by atoms with van der Waals surface area (Å²) in [5.41, 5.74) is -0.191. The van der Waals surface area contributed by atoms with E-state index in [2.05, 4.69) is 10.3 Å². The molecular weight excluding hydrogens is 336 g/mol. The van der Waals surface area contributed by atoms with Crippen LogP contribution in [0.2, 0.25) is 0 Å². The standard InChI is InChI=1S/C19H28N2O5/c1-4-14(13-8-6-5-7-9-13)26-19(24)12(2)21-18(23)16-17(22)15(25-3)10-11-20-16/h10-14,22H,4-9H2,1-3H3,(H,21,23). The molecule has 2 atom stereocenters. The first kappa shape index (κ1) is 20.0. The molecule has 0 aromatic carbocycles. The van der Waals surface area contributed by atoms with Crippen molar-refractivity contribution in [2.75, 3.05) is 7.11 Å². The van der Waals surface area contributed by atoms with E-state index in [0.717, 1.165) is 19.3 Å². The number of amides is 1. The second-order valence-corrected chi connectivity index (χ2v) is 6.69. The van der Waals surface area contributed by atoms with E-state index in [0.29, 0.717) is 5.92 Å². The molecule has 144 valence electrons. The van der Waals surface area contributed by atoms with Gasteiger partial charge in [0.25, 0.3) is 5.91 Å². The number of rotatable bonds is 7. The van der Waals surface area contributed by atoms with Crippen LogP contribution in [-0.4, -0.2) is 41.2 Å². The molecule has 1 amide bonds. The number of carbonyl (C=O) groups excluding carboxylic acids is 2. The summed E-state index contributed by atoms with van der Waals surface area (Å²) in [5, 5.41) is 12.5. The zero-order chi connectivity index (χ0) is 19.1. The maximum Gasteiger partial charge on any atom is 0.328 e. The smallest absolute Gasteiger partial charge is 0.328 e. The van der Waals surface area contributed by atoms with Gasteiger partial charge in [-0.1, -0.05) is 26.2 Å². The fraction of sp³-hybridized carbons (Fsp3) is 0.632. The fourth-order valence-corrected chi connectivity index (χ4v) is 3.36. The Morgan fingerprint density at radius 2 is 2.04 bits per heavy atom. The molecule has 0 aliphatic heterocycles. The Bertz CT molecular complexity index is 628. The third-order valence-electron chi connectivity index (χ3n) is 4.87. The minimum atomic E-state index is -0.840. The third-order valence-corrected chi connectivity index (χ3v) is 4.87. The Kier molecular flexibility index (Phi) is 7.24.